The van der Waals surface area contributed by atoms with Crippen molar-refractivity contribution < 1.29 is 38.9 Å². The van der Waals surface area contributed by atoms with Crippen LogP contribution in [0.4, 0.5) is 0 Å². The number of carboxylic acids is 2. The van der Waals surface area contributed by atoms with E-state index in [-0.39, 0.29) is 37.1 Å². The lowest BCUT2D eigenvalue weighted by Crippen LogP contribution is -2.04. The molecular weight excluding hydrogens is 248 g/mol. The van der Waals surface area contributed by atoms with Gasteiger partial charge < -0.3 is 19.7 Å². The van der Waals surface area contributed by atoms with Gasteiger partial charge in [0.2, 0.25) is 6.79 Å². The summed E-state index contributed by atoms with van der Waals surface area (Å²) in [6.45, 7) is 2.79. The van der Waals surface area contributed by atoms with Crippen LogP contribution in [-0.2, 0) is 28.7 Å². The van der Waals surface area contributed by atoms with Crippen molar-refractivity contribution >= 4 is 23.9 Å². The SMILES string of the molecule is C=C(CC(=O)O)C(=O)O.O=C1CCC(=O)OCO1. The van der Waals surface area contributed by atoms with Crippen LogP contribution in [-0.4, -0.2) is 40.9 Å². The van der Waals surface area contributed by atoms with Gasteiger partial charge >= 0.3 is 23.9 Å². The highest BCUT2D eigenvalue weighted by Crippen LogP contribution is 2.00. The lowest BCUT2D eigenvalue weighted by molar-refractivity contribution is -0.159. The molecule has 0 bridgehead atoms. The standard InChI is InChI=1S/2C5H6O4/c6-4-1-2-5(7)9-3-8-4;1-3(5(8)9)2-4(6)7/h1-3H2;1-2H2,(H,6,7)(H,8,9). The first kappa shape index (κ1) is 15.6. The largest absolute Gasteiger partial charge is 0.481 e. The van der Waals surface area contributed by atoms with E-state index in [1.54, 1.807) is 0 Å². The number of cyclic esters (lactones) is 2. The predicted octanol–water partition coefficient (Wildman–Crippen LogP) is -0.0740. The third-order valence-electron chi connectivity index (χ3n) is 1.64. The highest BCUT2D eigenvalue weighted by atomic mass is 16.7. The van der Waals surface area contributed by atoms with E-state index in [4.69, 9.17) is 10.2 Å². The smallest absolute Gasteiger partial charge is 0.331 e. The summed E-state index contributed by atoms with van der Waals surface area (Å²) >= 11 is 0. The van der Waals surface area contributed by atoms with Gasteiger partial charge in [0.25, 0.3) is 0 Å². The maximum Gasteiger partial charge on any atom is 0.331 e. The molecule has 1 saturated heterocycles. The third kappa shape index (κ3) is 7.85. The summed E-state index contributed by atoms with van der Waals surface area (Å²) in [6, 6.07) is 0. The van der Waals surface area contributed by atoms with Gasteiger partial charge in [0.05, 0.1) is 19.3 Å². The number of esters is 2. The van der Waals surface area contributed by atoms with E-state index >= 15 is 0 Å². The quantitative estimate of drug-likeness (QED) is 0.533. The van der Waals surface area contributed by atoms with Crippen molar-refractivity contribution in [2.75, 3.05) is 6.79 Å². The van der Waals surface area contributed by atoms with Gasteiger partial charge in [-0.25, -0.2) is 4.79 Å². The zero-order chi connectivity index (χ0) is 14.1. The number of carboxylic acid groups (broad SMARTS) is 2. The summed E-state index contributed by atoms with van der Waals surface area (Å²) in [5, 5.41) is 16.1. The Morgan fingerprint density at radius 2 is 1.56 bits per heavy atom. The van der Waals surface area contributed by atoms with E-state index in [0.717, 1.165) is 0 Å². The van der Waals surface area contributed by atoms with Crippen LogP contribution >= 0.6 is 0 Å². The Morgan fingerprint density at radius 1 is 1.11 bits per heavy atom. The second kappa shape index (κ2) is 7.82. The Bertz CT molecular complexity index is 354. The molecule has 100 valence electrons. The molecule has 0 aliphatic carbocycles. The zero-order valence-electron chi connectivity index (χ0n) is 9.38. The second-order valence-corrected chi connectivity index (χ2v) is 3.13. The minimum atomic E-state index is -1.27. The molecule has 1 aliphatic rings. The normalized spacial score (nSPS) is 14.2. The summed E-state index contributed by atoms with van der Waals surface area (Å²) < 4.78 is 8.78. The molecule has 0 atom stereocenters. The molecule has 0 saturated carbocycles. The average Bonchev–Trinajstić information content (AvgIpc) is 2.43. The molecule has 0 aromatic carbocycles. The van der Waals surface area contributed by atoms with E-state index in [0.29, 0.717) is 0 Å². The fourth-order valence-corrected chi connectivity index (χ4v) is 0.768. The van der Waals surface area contributed by atoms with Crippen LogP contribution in [0.3, 0.4) is 0 Å². The molecule has 1 heterocycles. The number of hydrogen-bond donors (Lipinski definition) is 2. The first-order valence-electron chi connectivity index (χ1n) is 4.77. The fraction of sp³-hybridized carbons (Fsp3) is 0.400. The Balaban J connectivity index is 0.000000321. The number of carbonyl (C=O) groups is 4. The molecule has 8 nitrogen and oxygen atoms in total. The number of rotatable bonds is 3. The molecule has 1 rings (SSSR count). The van der Waals surface area contributed by atoms with Gasteiger partial charge in [-0.15, -0.1) is 0 Å². The second-order valence-electron chi connectivity index (χ2n) is 3.13. The van der Waals surface area contributed by atoms with Gasteiger partial charge in [-0.05, 0) is 0 Å². The highest BCUT2D eigenvalue weighted by molar-refractivity contribution is 5.91. The average molecular weight is 260 g/mol. The minimum absolute atomic E-state index is 0.138. The van der Waals surface area contributed by atoms with Crippen molar-refractivity contribution in [2.24, 2.45) is 0 Å². The van der Waals surface area contributed by atoms with Crippen LogP contribution < -0.4 is 0 Å². The molecular formula is C10H12O8. The first-order valence-corrected chi connectivity index (χ1v) is 4.77. The highest BCUT2D eigenvalue weighted by Gasteiger charge is 2.13. The molecule has 18 heavy (non-hydrogen) atoms. The molecule has 0 aromatic rings. The van der Waals surface area contributed by atoms with Crippen LogP contribution in [0.5, 0.6) is 0 Å². The van der Waals surface area contributed by atoms with E-state index < -0.39 is 18.4 Å². The number of ether oxygens (including phenoxy) is 2. The van der Waals surface area contributed by atoms with Crippen LogP contribution in [0.25, 0.3) is 0 Å². The molecule has 8 heteroatoms. The molecule has 0 amide bonds. The maximum absolute atomic E-state index is 10.4. The lowest BCUT2D eigenvalue weighted by Gasteiger charge is -1.95. The van der Waals surface area contributed by atoms with E-state index in [2.05, 4.69) is 16.1 Å². The predicted molar refractivity (Wildman–Crippen MR) is 55.3 cm³/mol. The van der Waals surface area contributed by atoms with Gasteiger partial charge in [0, 0.05) is 5.57 Å². The molecule has 0 spiro atoms. The molecule has 1 fully saturated rings. The topological polar surface area (TPSA) is 127 Å². The minimum Gasteiger partial charge on any atom is -0.481 e. The van der Waals surface area contributed by atoms with Crippen molar-refractivity contribution in [3.63, 3.8) is 0 Å². The van der Waals surface area contributed by atoms with Crippen molar-refractivity contribution in [1.29, 1.82) is 0 Å². The maximum atomic E-state index is 10.4. The van der Waals surface area contributed by atoms with Crippen molar-refractivity contribution in [1.82, 2.24) is 0 Å². The van der Waals surface area contributed by atoms with Gasteiger partial charge in [0.15, 0.2) is 0 Å². The Hall–Kier alpha value is -2.38. The van der Waals surface area contributed by atoms with Gasteiger partial charge in [-0.2, -0.15) is 0 Å². The van der Waals surface area contributed by atoms with Crippen molar-refractivity contribution in [2.45, 2.75) is 19.3 Å². The summed E-state index contributed by atoms with van der Waals surface area (Å²) in [4.78, 5) is 40.4. The molecule has 0 radical (unpaired) electrons. The summed E-state index contributed by atoms with van der Waals surface area (Å²) in [7, 11) is 0. The van der Waals surface area contributed by atoms with Crippen LogP contribution in [0.2, 0.25) is 0 Å². The molecule has 1 aliphatic heterocycles. The lowest BCUT2D eigenvalue weighted by atomic mass is 10.2. The fourth-order valence-electron chi connectivity index (χ4n) is 0.768. The van der Waals surface area contributed by atoms with Crippen molar-refractivity contribution in [3.05, 3.63) is 12.2 Å². The van der Waals surface area contributed by atoms with Crippen LogP contribution in [0, 0.1) is 0 Å². The first-order chi connectivity index (χ1) is 8.32. The molecule has 2 N–H and O–H groups in total. The molecule has 0 unspecified atom stereocenters. The van der Waals surface area contributed by atoms with E-state index in [9.17, 15) is 19.2 Å². The Morgan fingerprint density at radius 3 is 1.83 bits per heavy atom. The van der Waals surface area contributed by atoms with Crippen molar-refractivity contribution in [3.8, 4) is 0 Å². The number of aliphatic carboxylic acids is 2. The molecule has 0 aromatic heterocycles. The van der Waals surface area contributed by atoms with Gasteiger partial charge in [-0.1, -0.05) is 6.58 Å². The zero-order valence-corrected chi connectivity index (χ0v) is 9.38. The number of hydrogen-bond acceptors (Lipinski definition) is 6. The van der Waals surface area contributed by atoms with Gasteiger partial charge in [-0.3, -0.25) is 14.4 Å². The van der Waals surface area contributed by atoms with Gasteiger partial charge in [0.1, 0.15) is 0 Å². The third-order valence-corrected chi connectivity index (χ3v) is 1.64. The van der Waals surface area contributed by atoms with E-state index in [1.807, 2.05) is 0 Å². The van der Waals surface area contributed by atoms with Crippen LogP contribution in [0.15, 0.2) is 12.2 Å². The Labute approximate surface area is 102 Å². The number of carbonyl (C=O) groups excluding carboxylic acids is 2. The summed E-state index contributed by atoms with van der Waals surface area (Å²) in [5.41, 5.74) is -0.303. The van der Waals surface area contributed by atoms with E-state index in [1.165, 1.54) is 0 Å². The monoisotopic (exact) mass is 260 g/mol. The summed E-state index contributed by atoms with van der Waals surface area (Å²) in [6.07, 6.45) is -0.229. The summed E-state index contributed by atoms with van der Waals surface area (Å²) in [5.74, 6) is -3.19. The van der Waals surface area contributed by atoms with Crippen LogP contribution in [0.1, 0.15) is 19.3 Å². The Kier molecular flexibility index (Phi) is 6.79.